The Balaban J connectivity index is 0.000000405. The zero-order valence-corrected chi connectivity index (χ0v) is 27.0. The fourth-order valence-corrected chi connectivity index (χ4v) is 3.34. The van der Waals surface area contributed by atoms with Crippen LogP contribution in [0.1, 0.15) is 13.8 Å². The molecule has 0 saturated carbocycles. The maximum atomic E-state index is 9.19. The third-order valence-corrected chi connectivity index (χ3v) is 5.57. The number of fused-ring (bicyclic) bond motifs is 4. The van der Waals surface area contributed by atoms with E-state index in [1.807, 2.05) is 62.6 Å². The van der Waals surface area contributed by atoms with Crippen LogP contribution in [-0.2, 0) is 19.5 Å². The summed E-state index contributed by atoms with van der Waals surface area (Å²) in [6.45, 7) is 6.28. The molecule has 12 nitrogen and oxygen atoms in total. The Morgan fingerprint density at radius 2 is 1.19 bits per heavy atom. The lowest BCUT2D eigenvalue weighted by Gasteiger charge is -2.20. The SMILES string of the molecule is CCNC.CCNC.CS(=O)(=O)O.CSOOO.Clc1c2c(c(Cl)c3c1=Nc1ccccc1O3)=Nc1ccccc1O2. The Morgan fingerprint density at radius 3 is 1.45 bits per heavy atom. The van der Waals surface area contributed by atoms with Gasteiger partial charge in [0.25, 0.3) is 10.1 Å². The number of hydrogen-bond acceptors (Lipinski definition) is 12. The van der Waals surface area contributed by atoms with Crippen LogP contribution in [0.25, 0.3) is 0 Å². The van der Waals surface area contributed by atoms with E-state index in [4.69, 9.17) is 42.5 Å². The van der Waals surface area contributed by atoms with Gasteiger partial charge in [-0.15, -0.1) is 4.33 Å². The summed E-state index contributed by atoms with van der Waals surface area (Å²) in [5.41, 5.74) is 1.38. The second kappa shape index (κ2) is 19.6. The van der Waals surface area contributed by atoms with Crippen LogP contribution >= 0.6 is 35.2 Å². The van der Waals surface area contributed by atoms with Crippen molar-refractivity contribution < 1.29 is 37.1 Å². The zero-order chi connectivity index (χ0) is 31.7. The average Bonchev–Trinajstić information content (AvgIpc) is 2.98. The van der Waals surface area contributed by atoms with E-state index in [1.54, 1.807) is 6.26 Å². The minimum Gasteiger partial charge on any atom is -0.451 e. The van der Waals surface area contributed by atoms with Crippen LogP contribution in [0.2, 0.25) is 10.0 Å². The summed E-state index contributed by atoms with van der Waals surface area (Å²) >= 11 is 14.0. The molecule has 2 aliphatic heterocycles. The summed E-state index contributed by atoms with van der Waals surface area (Å²) < 4.78 is 41.5. The monoisotopic (exact) mass is 664 g/mol. The van der Waals surface area contributed by atoms with Crippen LogP contribution in [-0.4, -0.2) is 57.9 Å². The molecular formula is C26H34Cl2N4O8S2. The number of benzene rings is 3. The molecule has 0 atom stereocenters. The van der Waals surface area contributed by atoms with Crippen LogP contribution in [0.3, 0.4) is 0 Å². The number of hydrogen-bond donors (Lipinski definition) is 4. The van der Waals surface area contributed by atoms with E-state index in [1.165, 1.54) is 0 Å². The second-order valence-electron chi connectivity index (χ2n) is 7.80. The first-order valence-electron chi connectivity index (χ1n) is 12.2. The molecule has 2 aliphatic rings. The minimum atomic E-state index is -3.67. The van der Waals surface area contributed by atoms with Crippen LogP contribution in [0, 0.1) is 0 Å². The first-order chi connectivity index (χ1) is 20.0. The van der Waals surface area contributed by atoms with Gasteiger partial charge in [-0.2, -0.15) is 8.42 Å². The maximum Gasteiger partial charge on any atom is 0.261 e. The smallest absolute Gasteiger partial charge is 0.261 e. The third kappa shape index (κ3) is 12.4. The predicted octanol–water partition coefficient (Wildman–Crippen LogP) is 5.75. The van der Waals surface area contributed by atoms with Gasteiger partial charge in [0.2, 0.25) is 0 Å². The van der Waals surface area contributed by atoms with Crippen molar-refractivity contribution in [1.82, 2.24) is 10.6 Å². The molecule has 42 heavy (non-hydrogen) atoms. The van der Waals surface area contributed by atoms with Crippen molar-refractivity contribution in [3.8, 4) is 23.0 Å². The van der Waals surface area contributed by atoms with E-state index in [0.29, 0.717) is 61.4 Å². The number of rotatable bonds is 4. The lowest BCUT2D eigenvalue weighted by atomic mass is 10.2. The van der Waals surface area contributed by atoms with Crippen molar-refractivity contribution in [2.45, 2.75) is 13.8 Å². The van der Waals surface area contributed by atoms with Crippen LogP contribution in [0.15, 0.2) is 58.5 Å². The standard InChI is InChI=1S/C18H8Cl2N2O2.2C3H9N.2CH4O3S/c19-13-15-17(23-11-7-3-1-5-9(11)21-15)14(20)16-18(13)24-12-8-4-2-6-10(12)22-16;2*1-3-4-2;1-5(2,3)4;1-5-4-3-2/h1-8H;2*4H,3H2,1-2H3;1H3,(H,2,3,4);2H,1H3. The van der Waals surface area contributed by atoms with Gasteiger partial charge in [-0.25, -0.2) is 15.2 Å². The molecule has 3 aromatic rings. The summed E-state index contributed by atoms with van der Waals surface area (Å²) in [6.07, 6.45) is 2.34. The Morgan fingerprint density at radius 1 is 0.857 bits per heavy atom. The summed E-state index contributed by atoms with van der Waals surface area (Å²) in [6, 6.07) is 14.9. The summed E-state index contributed by atoms with van der Waals surface area (Å²) in [4.78, 5) is 9.14. The maximum absolute atomic E-state index is 9.19. The Hall–Kier alpha value is -2.50. The Bertz CT molecular complexity index is 1400. The van der Waals surface area contributed by atoms with Gasteiger partial charge in [-0.3, -0.25) is 4.55 Å². The number of para-hydroxylation sites is 4. The molecule has 0 fully saturated rings. The first kappa shape index (κ1) is 37.5. The largest absolute Gasteiger partial charge is 0.451 e. The molecule has 0 amide bonds. The molecule has 0 unspecified atom stereocenters. The van der Waals surface area contributed by atoms with Gasteiger partial charge >= 0.3 is 0 Å². The van der Waals surface area contributed by atoms with Crippen molar-refractivity contribution in [3.05, 3.63) is 69.3 Å². The van der Waals surface area contributed by atoms with E-state index >= 15 is 0 Å². The van der Waals surface area contributed by atoms with Crippen molar-refractivity contribution in [1.29, 1.82) is 0 Å². The van der Waals surface area contributed by atoms with Gasteiger partial charge in [-0.05, 0) is 51.5 Å². The lowest BCUT2D eigenvalue weighted by Crippen LogP contribution is -2.22. The molecule has 0 bridgehead atoms. The molecule has 16 heteroatoms. The number of halogens is 2. The van der Waals surface area contributed by atoms with Gasteiger partial charge in [-0.1, -0.05) is 66.4 Å². The normalized spacial score (nSPS) is 11.3. The molecule has 0 saturated heterocycles. The average molecular weight is 666 g/mol. The van der Waals surface area contributed by atoms with Gasteiger partial charge in [0.1, 0.15) is 32.1 Å². The highest BCUT2D eigenvalue weighted by Gasteiger charge is 2.26. The summed E-state index contributed by atoms with van der Waals surface area (Å²) in [5, 5.41) is 17.9. The molecular weight excluding hydrogens is 631 g/mol. The number of nitrogens with one attached hydrogen (secondary N) is 2. The highest BCUT2D eigenvalue weighted by atomic mass is 35.5. The fourth-order valence-electron chi connectivity index (χ4n) is 2.77. The summed E-state index contributed by atoms with van der Waals surface area (Å²) in [5.74, 6) is 2.04. The fraction of sp³-hybridized carbons (Fsp3) is 0.308. The van der Waals surface area contributed by atoms with Crippen molar-refractivity contribution in [2.24, 2.45) is 9.98 Å². The molecule has 4 N–H and O–H groups in total. The van der Waals surface area contributed by atoms with Crippen molar-refractivity contribution in [3.63, 3.8) is 0 Å². The lowest BCUT2D eigenvalue weighted by molar-refractivity contribution is -0.432. The zero-order valence-electron chi connectivity index (χ0n) is 23.8. The molecule has 0 aromatic heterocycles. The predicted molar refractivity (Wildman–Crippen MR) is 166 cm³/mol. The molecule has 3 aromatic carbocycles. The van der Waals surface area contributed by atoms with Gasteiger partial charge in [0, 0.05) is 18.3 Å². The molecule has 5 rings (SSSR count). The quantitative estimate of drug-likeness (QED) is 0.0801. The highest BCUT2D eigenvalue weighted by Crippen LogP contribution is 2.42. The van der Waals surface area contributed by atoms with Gasteiger partial charge in [0.05, 0.1) is 6.26 Å². The van der Waals surface area contributed by atoms with Gasteiger partial charge in [0.15, 0.2) is 23.0 Å². The number of nitrogens with zero attached hydrogens (tertiary/aromatic N) is 2. The molecule has 0 radical (unpaired) electrons. The van der Waals surface area contributed by atoms with Crippen LogP contribution in [0.4, 0.5) is 11.4 Å². The molecule has 2 heterocycles. The van der Waals surface area contributed by atoms with Crippen molar-refractivity contribution in [2.75, 3.05) is 39.7 Å². The summed E-state index contributed by atoms with van der Waals surface area (Å²) in [7, 11) is 0.194. The third-order valence-electron chi connectivity index (χ3n) is 4.67. The Kier molecular flexibility index (Phi) is 17.6. The van der Waals surface area contributed by atoms with Crippen molar-refractivity contribution >= 4 is 56.7 Å². The number of ether oxygens (including phenoxy) is 2. The minimum absolute atomic E-state index is 0.331. The van der Waals surface area contributed by atoms with Crippen LogP contribution < -0.4 is 30.8 Å². The highest BCUT2D eigenvalue weighted by molar-refractivity contribution is 7.93. The molecule has 232 valence electrons. The molecule has 0 spiro atoms. The Labute approximate surface area is 259 Å². The van der Waals surface area contributed by atoms with E-state index in [9.17, 15) is 8.42 Å². The van der Waals surface area contributed by atoms with Gasteiger partial charge < -0.3 is 20.1 Å². The molecule has 0 aliphatic carbocycles. The second-order valence-corrected chi connectivity index (χ2v) is 10.5. The van der Waals surface area contributed by atoms with E-state index in [0.717, 1.165) is 25.1 Å². The van der Waals surface area contributed by atoms with Crippen LogP contribution in [0.5, 0.6) is 23.0 Å². The first-order valence-corrected chi connectivity index (χ1v) is 16.0. The van der Waals surface area contributed by atoms with E-state index in [2.05, 4.69) is 43.8 Å². The van der Waals surface area contributed by atoms with E-state index < -0.39 is 10.1 Å². The topological polar surface area (TPSA) is 160 Å². The van der Waals surface area contributed by atoms with E-state index in [-0.39, 0.29) is 0 Å².